The van der Waals surface area contributed by atoms with Crippen molar-refractivity contribution in [2.45, 2.75) is 58.1 Å². The number of aryl methyl sites for hydroxylation is 1. The summed E-state index contributed by atoms with van der Waals surface area (Å²) < 4.78 is 8.20. The van der Waals surface area contributed by atoms with E-state index >= 15 is 0 Å². The van der Waals surface area contributed by atoms with Gasteiger partial charge in [0.15, 0.2) is 5.82 Å². The molecule has 5 rings (SSSR count). The number of aromatic nitrogens is 3. The van der Waals surface area contributed by atoms with Crippen LogP contribution in [0.15, 0.2) is 42.5 Å². The Bertz CT molecular complexity index is 1100. The molecule has 0 radical (unpaired) electrons. The molecule has 0 fully saturated rings. The summed E-state index contributed by atoms with van der Waals surface area (Å²) in [5, 5.41) is 11.9. The van der Waals surface area contributed by atoms with Gasteiger partial charge in [-0.25, -0.2) is 0 Å². The first-order valence-corrected chi connectivity index (χ1v) is 10.8. The van der Waals surface area contributed by atoms with E-state index < -0.39 is 0 Å². The fourth-order valence-corrected chi connectivity index (χ4v) is 4.40. The topological polar surface area (TPSA) is 69.0 Å². The molecule has 30 heavy (non-hydrogen) atoms. The van der Waals surface area contributed by atoms with Crippen molar-refractivity contribution in [1.29, 1.82) is 0 Å². The minimum atomic E-state index is -0.162. The largest absolute Gasteiger partial charge is 0.489 e. The van der Waals surface area contributed by atoms with Gasteiger partial charge in [-0.05, 0) is 38.0 Å². The van der Waals surface area contributed by atoms with Gasteiger partial charge in [-0.1, -0.05) is 37.6 Å². The highest BCUT2D eigenvalue weighted by Gasteiger charge is 2.31. The third kappa shape index (κ3) is 3.26. The number of hydrogen-bond donors (Lipinski definition) is 1. The zero-order chi connectivity index (χ0) is 20.7. The maximum atomic E-state index is 13.0. The first-order valence-electron chi connectivity index (χ1n) is 10.8. The Balaban J connectivity index is 1.42. The molecule has 0 spiro atoms. The molecule has 3 aromatic rings. The number of hydrogen-bond acceptors (Lipinski definition) is 4. The number of para-hydroxylation sites is 1. The Labute approximate surface area is 176 Å². The van der Waals surface area contributed by atoms with Crippen molar-refractivity contribution in [3.8, 4) is 17.1 Å². The molecule has 0 unspecified atom stereocenters. The number of nitrogens with one attached hydrogen (secondary N) is 1. The molecule has 0 saturated carbocycles. The average molecular weight is 402 g/mol. The second-order valence-corrected chi connectivity index (χ2v) is 8.27. The zero-order valence-corrected chi connectivity index (χ0v) is 17.4. The third-order valence-corrected chi connectivity index (χ3v) is 6.28. The maximum absolute atomic E-state index is 13.0. The van der Waals surface area contributed by atoms with Crippen LogP contribution in [0.1, 0.15) is 60.8 Å². The van der Waals surface area contributed by atoms with E-state index in [1.807, 2.05) is 49.4 Å². The SMILES string of the molecule is C[C@@H]1Oc2c(C(=O)Nc3cccc(-c4nnc5n4CCCCC5)c3)cccc2[C@@H]1C. The lowest BCUT2D eigenvalue weighted by molar-refractivity contribution is 0.102. The van der Waals surface area contributed by atoms with Crippen LogP contribution in [-0.2, 0) is 13.0 Å². The summed E-state index contributed by atoms with van der Waals surface area (Å²) in [5.41, 5.74) is 3.37. The Hall–Kier alpha value is -3.15. The molecule has 154 valence electrons. The molecule has 2 aromatic carbocycles. The first kappa shape index (κ1) is 18.9. The van der Waals surface area contributed by atoms with Crippen molar-refractivity contribution in [2.75, 3.05) is 5.32 Å². The molecule has 2 aliphatic rings. The Morgan fingerprint density at radius 1 is 1.10 bits per heavy atom. The normalized spacial score (nSPS) is 20.1. The van der Waals surface area contributed by atoms with Crippen LogP contribution in [0.25, 0.3) is 11.4 Å². The molecule has 0 bridgehead atoms. The number of anilines is 1. The van der Waals surface area contributed by atoms with Crippen molar-refractivity contribution < 1.29 is 9.53 Å². The second kappa shape index (κ2) is 7.59. The Morgan fingerprint density at radius 3 is 2.87 bits per heavy atom. The first-order chi connectivity index (χ1) is 14.6. The van der Waals surface area contributed by atoms with E-state index in [1.54, 1.807) is 0 Å². The average Bonchev–Trinajstić information content (AvgIpc) is 3.19. The van der Waals surface area contributed by atoms with Crippen molar-refractivity contribution >= 4 is 11.6 Å². The van der Waals surface area contributed by atoms with Crippen LogP contribution in [0.5, 0.6) is 5.75 Å². The van der Waals surface area contributed by atoms with E-state index in [9.17, 15) is 4.79 Å². The second-order valence-electron chi connectivity index (χ2n) is 8.27. The number of ether oxygens (including phenoxy) is 1. The molecular formula is C24H26N4O2. The van der Waals surface area contributed by atoms with E-state index in [-0.39, 0.29) is 17.9 Å². The third-order valence-electron chi connectivity index (χ3n) is 6.28. The molecule has 1 amide bonds. The monoisotopic (exact) mass is 402 g/mol. The van der Waals surface area contributed by atoms with Crippen LogP contribution in [0.4, 0.5) is 5.69 Å². The van der Waals surface area contributed by atoms with Crippen LogP contribution in [-0.4, -0.2) is 26.8 Å². The molecule has 0 saturated heterocycles. The van der Waals surface area contributed by atoms with Gasteiger partial charge in [0.2, 0.25) is 0 Å². The summed E-state index contributed by atoms with van der Waals surface area (Å²) in [6, 6.07) is 13.6. The lowest BCUT2D eigenvalue weighted by Crippen LogP contribution is -2.14. The molecule has 6 nitrogen and oxygen atoms in total. The van der Waals surface area contributed by atoms with Gasteiger partial charge in [-0.3, -0.25) is 4.79 Å². The van der Waals surface area contributed by atoms with E-state index in [4.69, 9.17) is 4.74 Å². The van der Waals surface area contributed by atoms with Crippen molar-refractivity contribution in [1.82, 2.24) is 14.8 Å². The van der Waals surface area contributed by atoms with Gasteiger partial charge in [0.05, 0.1) is 5.56 Å². The standard InChI is InChI=1S/C24H26N4O2/c1-15-16(2)30-22-19(15)10-7-11-20(22)24(29)25-18-9-6-8-17(14-18)23-27-26-21-12-4-3-5-13-28(21)23/h6-11,14-16H,3-5,12-13H2,1-2H3,(H,25,29)/t15-,16+/m1/s1. The number of carbonyl (C=O) groups is 1. The molecule has 0 aliphatic carbocycles. The Morgan fingerprint density at radius 2 is 1.97 bits per heavy atom. The summed E-state index contributed by atoms with van der Waals surface area (Å²) in [5.74, 6) is 2.74. The van der Waals surface area contributed by atoms with E-state index in [0.29, 0.717) is 11.3 Å². The highest BCUT2D eigenvalue weighted by Crippen LogP contribution is 2.40. The molecule has 1 N–H and O–H groups in total. The lowest BCUT2D eigenvalue weighted by atomic mass is 9.97. The fraction of sp³-hybridized carbons (Fsp3) is 0.375. The van der Waals surface area contributed by atoms with E-state index in [2.05, 4.69) is 27.0 Å². The minimum absolute atomic E-state index is 0.0699. The molecule has 2 aliphatic heterocycles. The fourth-order valence-electron chi connectivity index (χ4n) is 4.40. The molecule has 3 heterocycles. The zero-order valence-electron chi connectivity index (χ0n) is 17.4. The minimum Gasteiger partial charge on any atom is -0.489 e. The number of carbonyl (C=O) groups excluding carboxylic acids is 1. The van der Waals surface area contributed by atoms with Gasteiger partial charge >= 0.3 is 0 Å². The van der Waals surface area contributed by atoms with Crippen LogP contribution in [0.3, 0.4) is 0 Å². The summed E-state index contributed by atoms with van der Waals surface area (Å²) in [7, 11) is 0. The van der Waals surface area contributed by atoms with Crippen LogP contribution >= 0.6 is 0 Å². The van der Waals surface area contributed by atoms with Gasteiger partial charge in [0, 0.05) is 35.7 Å². The van der Waals surface area contributed by atoms with Crippen LogP contribution in [0, 0.1) is 0 Å². The summed E-state index contributed by atoms with van der Waals surface area (Å²) in [6.07, 6.45) is 4.57. The van der Waals surface area contributed by atoms with E-state index in [1.165, 1.54) is 6.42 Å². The van der Waals surface area contributed by atoms with Crippen molar-refractivity contribution in [2.24, 2.45) is 0 Å². The number of benzene rings is 2. The molecule has 6 heteroatoms. The van der Waals surface area contributed by atoms with Crippen LogP contribution in [0.2, 0.25) is 0 Å². The molecule has 2 atom stereocenters. The maximum Gasteiger partial charge on any atom is 0.259 e. The highest BCUT2D eigenvalue weighted by molar-refractivity contribution is 6.06. The van der Waals surface area contributed by atoms with Crippen molar-refractivity contribution in [3.05, 3.63) is 59.4 Å². The molecular weight excluding hydrogens is 376 g/mol. The van der Waals surface area contributed by atoms with Crippen LogP contribution < -0.4 is 10.1 Å². The predicted molar refractivity (Wildman–Crippen MR) is 116 cm³/mol. The summed E-state index contributed by atoms with van der Waals surface area (Å²) in [4.78, 5) is 13.0. The molecule has 1 aromatic heterocycles. The van der Waals surface area contributed by atoms with Gasteiger partial charge < -0.3 is 14.6 Å². The quantitative estimate of drug-likeness (QED) is 0.683. The number of amides is 1. The number of rotatable bonds is 3. The lowest BCUT2D eigenvalue weighted by Gasteiger charge is -2.11. The van der Waals surface area contributed by atoms with Gasteiger partial charge in [0.25, 0.3) is 5.91 Å². The van der Waals surface area contributed by atoms with E-state index in [0.717, 1.165) is 54.3 Å². The number of fused-ring (bicyclic) bond motifs is 2. The highest BCUT2D eigenvalue weighted by atomic mass is 16.5. The number of nitrogens with zero attached hydrogens (tertiary/aromatic N) is 3. The predicted octanol–water partition coefficient (Wildman–Crippen LogP) is 4.81. The summed E-state index contributed by atoms with van der Waals surface area (Å²) >= 11 is 0. The Kier molecular flexibility index (Phi) is 4.77. The van der Waals surface area contributed by atoms with Gasteiger partial charge in [-0.2, -0.15) is 0 Å². The van der Waals surface area contributed by atoms with Crippen molar-refractivity contribution in [3.63, 3.8) is 0 Å². The smallest absolute Gasteiger partial charge is 0.259 e. The van der Waals surface area contributed by atoms with Gasteiger partial charge in [-0.15, -0.1) is 10.2 Å². The summed E-state index contributed by atoms with van der Waals surface area (Å²) in [6.45, 7) is 5.11. The van der Waals surface area contributed by atoms with Gasteiger partial charge in [0.1, 0.15) is 17.7 Å².